The number of hydrazine groups is 1. The summed E-state index contributed by atoms with van der Waals surface area (Å²) in [6.45, 7) is 10.6. The Balaban J connectivity index is 2.59. The second-order valence-electron chi connectivity index (χ2n) is 5.12. The average Bonchev–Trinajstić information content (AvgIpc) is 2.24. The molecule has 1 rings (SSSR count). The van der Waals surface area contributed by atoms with Crippen LogP contribution in [0.2, 0.25) is 0 Å². The van der Waals surface area contributed by atoms with Gasteiger partial charge in [0.1, 0.15) is 0 Å². The van der Waals surface area contributed by atoms with Crippen molar-refractivity contribution in [2.24, 2.45) is 11.8 Å². The number of carbonyl (C=O) groups excluding carboxylic acids is 1. The number of hydrogen-bond acceptors (Lipinski definition) is 4. The van der Waals surface area contributed by atoms with E-state index < -0.39 is 0 Å². The molecule has 0 bridgehead atoms. The number of hydrogen-bond donors (Lipinski definition) is 2. The number of carbonyl (C=O) groups is 1. The molecule has 1 aliphatic heterocycles. The van der Waals surface area contributed by atoms with Crippen molar-refractivity contribution < 1.29 is 4.79 Å². The molecule has 5 heteroatoms. The predicted molar refractivity (Wildman–Crippen MR) is 69.1 cm³/mol. The van der Waals surface area contributed by atoms with Crippen LogP contribution in [0.1, 0.15) is 27.7 Å². The highest BCUT2D eigenvalue weighted by molar-refractivity contribution is 8.00. The number of nitrogens with two attached hydrogens (primary N) is 1. The summed E-state index contributed by atoms with van der Waals surface area (Å²) in [5.41, 5.74) is 2.23. The van der Waals surface area contributed by atoms with Crippen LogP contribution in [-0.4, -0.2) is 40.4 Å². The number of nitrogens with one attached hydrogen (secondary N) is 1. The summed E-state index contributed by atoms with van der Waals surface area (Å²) in [4.78, 5) is 13.9. The normalized spacial score (nSPS) is 24.8. The minimum atomic E-state index is -0.0801. The first-order valence-electron chi connectivity index (χ1n) is 5.76. The molecule has 94 valence electrons. The third-order valence-corrected chi connectivity index (χ3v) is 4.61. The maximum atomic E-state index is 11.5. The van der Waals surface area contributed by atoms with Crippen molar-refractivity contribution in [1.82, 2.24) is 10.3 Å². The smallest absolute Gasteiger partial charge is 0.238 e. The van der Waals surface area contributed by atoms with E-state index in [-0.39, 0.29) is 22.6 Å². The third-order valence-electron chi connectivity index (χ3n) is 3.31. The molecular weight excluding hydrogens is 222 g/mol. The Hall–Kier alpha value is -0.260. The van der Waals surface area contributed by atoms with Gasteiger partial charge in [-0.2, -0.15) is 11.8 Å². The standard InChI is InChI=1S/C11H23N3OS/c1-8(10(15)13-12)9(2)14-5-6-16-11(3,4)7-14/h8-9H,5-7,12H2,1-4H3,(H,13,15). The molecule has 0 saturated carbocycles. The van der Waals surface area contributed by atoms with Crippen molar-refractivity contribution in [2.45, 2.75) is 38.5 Å². The maximum absolute atomic E-state index is 11.5. The molecule has 1 heterocycles. The molecule has 1 fully saturated rings. The number of amides is 1. The van der Waals surface area contributed by atoms with Gasteiger partial charge in [-0.3, -0.25) is 15.1 Å². The van der Waals surface area contributed by atoms with Crippen molar-refractivity contribution in [2.75, 3.05) is 18.8 Å². The van der Waals surface area contributed by atoms with Crippen LogP contribution >= 0.6 is 11.8 Å². The van der Waals surface area contributed by atoms with Gasteiger partial charge in [-0.15, -0.1) is 0 Å². The summed E-state index contributed by atoms with van der Waals surface area (Å²) in [6, 6.07) is 0.240. The van der Waals surface area contributed by atoms with Crippen LogP contribution in [0.25, 0.3) is 0 Å². The van der Waals surface area contributed by atoms with E-state index in [9.17, 15) is 4.79 Å². The first-order chi connectivity index (χ1) is 7.37. The van der Waals surface area contributed by atoms with Crippen LogP contribution in [0.4, 0.5) is 0 Å². The zero-order valence-corrected chi connectivity index (χ0v) is 11.4. The molecule has 1 aliphatic rings. The zero-order valence-electron chi connectivity index (χ0n) is 10.6. The molecular formula is C11H23N3OS. The molecule has 0 aromatic rings. The largest absolute Gasteiger partial charge is 0.298 e. The molecule has 3 N–H and O–H groups in total. The van der Waals surface area contributed by atoms with E-state index in [1.807, 2.05) is 18.7 Å². The van der Waals surface area contributed by atoms with Gasteiger partial charge in [-0.1, -0.05) is 6.92 Å². The summed E-state index contributed by atoms with van der Waals surface area (Å²) >= 11 is 2.00. The van der Waals surface area contributed by atoms with Crippen LogP contribution in [0, 0.1) is 5.92 Å². The van der Waals surface area contributed by atoms with Crippen LogP contribution in [0.5, 0.6) is 0 Å². The fraction of sp³-hybridized carbons (Fsp3) is 0.909. The highest BCUT2D eigenvalue weighted by Gasteiger charge is 2.33. The summed E-state index contributed by atoms with van der Waals surface area (Å²) in [6.07, 6.45) is 0. The van der Waals surface area contributed by atoms with Crippen molar-refractivity contribution in [3.05, 3.63) is 0 Å². The molecule has 1 saturated heterocycles. The topological polar surface area (TPSA) is 58.4 Å². The van der Waals surface area contributed by atoms with Crippen LogP contribution in [-0.2, 0) is 4.79 Å². The van der Waals surface area contributed by atoms with E-state index >= 15 is 0 Å². The Morgan fingerprint density at radius 2 is 2.12 bits per heavy atom. The van der Waals surface area contributed by atoms with Crippen molar-refractivity contribution in [3.8, 4) is 0 Å². The Morgan fingerprint density at radius 3 is 2.62 bits per heavy atom. The fourth-order valence-electron chi connectivity index (χ4n) is 2.07. The molecule has 2 atom stereocenters. The Morgan fingerprint density at radius 1 is 1.50 bits per heavy atom. The van der Waals surface area contributed by atoms with E-state index in [1.54, 1.807) is 0 Å². The van der Waals surface area contributed by atoms with Crippen LogP contribution in [0.15, 0.2) is 0 Å². The Kier molecular flexibility index (Phi) is 4.64. The van der Waals surface area contributed by atoms with E-state index in [1.165, 1.54) is 0 Å². The number of rotatable bonds is 3. The van der Waals surface area contributed by atoms with Gasteiger partial charge in [0.05, 0.1) is 5.92 Å². The number of thioether (sulfide) groups is 1. The summed E-state index contributed by atoms with van der Waals surface area (Å²) < 4.78 is 0.283. The van der Waals surface area contributed by atoms with Gasteiger partial charge in [0.2, 0.25) is 5.91 Å². The highest BCUT2D eigenvalue weighted by Crippen LogP contribution is 2.31. The lowest BCUT2D eigenvalue weighted by atomic mass is 10.00. The lowest BCUT2D eigenvalue weighted by Crippen LogP contribution is -2.52. The van der Waals surface area contributed by atoms with Gasteiger partial charge < -0.3 is 0 Å². The fourth-order valence-corrected chi connectivity index (χ4v) is 3.20. The molecule has 0 radical (unpaired) electrons. The second-order valence-corrected chi connectivity index (χ2v) is 6.92. The second kappa shape index (κ2) is 5.38. The van der Waals surface area contributed by atoms with E-state index in [4.69, 9.17) is 5.84 Å². The first kappa shape index (κ1) is 13.8. The average molecular weight is 245 g/mol. The monoisotopic (exact) mass is 245 g/mol. The van der Waals surface area contributed by atoms with Crippen LogP contribution < -0.4 is 11.3 Å². The van der Waals surface area contributed by atoms with Crippen molar-refractivity contribution >= 4 is 17.7 Å². The van der Waals surface area contributed by atoms with Gasteiger partial charge in [0.15, 0.2) is 0 Å². The van der Waals surface area contributed by atoms with Crippen molar-refractivity contribution in [1.29, 1.82) is 0 Å². The maximum Gasteiger partial charge on any atom is 0.238 e. The molecule has 4 nitrogen and oxygen atoms in total. The Bertz CT molecular complexity index is 258. The zero-order chi connectivity index (χ0) is 12.3. The lowest BCUT2D eigenvalue weighted by molar-refractivity contribution is -0.126. The molecule has 1 amide bonds. The lowest BCUT2D eigenvalue weighted by Gasteiger charge is -2.42. The molecule has 0 spiro atoms. The minimum absolute atomic E-state index is 0.0658. The van der Waals surface area contributed by atoms with Crippen LogP contribution in [0.3, 0.4) is 0 Å². The number of nitrogens with zero attached hydrogens (tertiary/aromatic N) is 1. The van der Waals surface area contributed by atoms with E-state index in [0.717, 1.165) is 18.8 Å². The van der Waals surface area contributed by atoms with Gasteiger partial charge in [-0.05, 0) is 20.8 Å². The molecule has 0 aliphatic carbocycles. The van der Waals surface area contributed by atoms with E-state index in [2.05, 4.69) is 31.1 Å². The van der Waals surface area contributed by atoms with Gasteiger partial charge in [0, 0.05) is 29.6 Å². The highest BCUT2D eigenvalue weighted by atomic mass is 32.2. The quantitative estimate of drug-likeness (QED) is 0.439. The van der Waals surface area contributed by atoms with Gasteiger partial charge in [-0.25, -0.2) is 5.84 Å². The first-order valence-corrected chi connectivity index (χ1v) is 6.74. The molecule has 16 heavy (non-hydrogen) atoms. The van der Waals surface area contributed by atoms with E-state index in [0.29, 0.717) is 0 Å². The molecule has 0 aromatic carbocycles. The minimum Gasteiger partial charge on any atom is -0.298 e. The Labute approximate surface area is 102 Å². The van der Waals surface area contributed by atoms with Gasteiger partial charge in [0.25, 0.3) is 0 Å². The molecule has 2 unspecified atom stereocenters. The van der Waals surface area contributed by atoms with Gasteiger partial charge >= 0.3 is 0 Å². The summed E-state index contributed by atoms with van der Waals surface area (Å²) in [7, 11) is 0. The van der Waals surface area contributed by atoms with Crippen molar-refractivity contribution in [3.63, 3.8) is 0 Å². The predicted octanol–water partition coefficient (Wildman–Crippen LogP) is 0.828. The third kappa shape index (κ3) is 3.37. The summed E-state index contributed by atoms with van der Waals surface area (Å²) in [5, 5.41) is 0. The molecule has 0 aromatic heterocycles. The SMILES string of the molecule is CC(C(=O)NN)C(C)N1CCSC(C)(C)C1. The summed E-state index contributed by atoms with van der Waals surface area (Å²) in [5.74, 6) is 6.16.